The number of halogens is 2. The molecular weight excluding hydrogens is 275 g/mol. The van der Waals surface area contributed by atoms with E-state index in [-0.39, 0.29) is 11.3 Å². The molecule has 0 aliphatic heterocycles. The summed E-state index contributed by atoms with van der Waals surface area (Å²) in [5.74, 6) is 0.801. The van der Waals surface area contributed by atoms with Crippen molar-refractivity contribution in [3.05, 3.63) is 34.1 Å². The van der Waals surface area contributed by atoms with Gasteiger partial charge in [0.05, 0.1) is 5.02 Å². The van der Waals surface area contributed by atoms with Crippen molar-refractivity contribution < 1.29 is 4.74 Å². The second-order valence-electron chi connectivity index (χ2n) is 3.50. The first-order valence-corrected chi connectivity index (χ1v) is 5.87. The highest BCUT2D eigenvalue weighted by atomic mass is 35.5. The van der Waals surface area contributed by atoms with E-state index in [1.807, 2.05) is 13.0 Å². The Morgan fingerprint density at radius 3 is 2.67 bits per heavy atom. The Morgan fingerprint density at radius 2 is 1.94 bits per heavy atom. The summed E-state index contributed by atoms with van der Waals surface area (Å²) in [5, 5.41) is 3.28. The molecule has 1 N–H and O–H groups in total. The van der Waals surface area contributed by atoms with E-state index in [4.69, 9.17) is 27.9 Å². The van der Waals surface area contributed by atoms with Crippen LogP contribution in [-0.2, 0) is 0 Å². The minimum absolute atomic E-state index is 0.0492. The second kappa shape index (κ2) is 5.37. The average molecular weight is 285 g/mol. The number of nitrogens with one attached hydrogen (secondary N) is 1. The fourth-order valence-electron chi connectivity index (χ4n) is 1.28. The van der Waals surface area contributed by atoms with Gasteiger partial charge in [-0.15, -0.1) is 0 Å². The molecule has 0 saturated carbocycles. The third kappa shape index (κ3) is 3.00. The quantitative estimate of drug-likeness (QED) is 0.937. The van der Waals surface area contributed by atoms with Crippen LogP contribution in [0.25, 0.3) is 0 Å². The molecule has 0 radical (unpaired) electrons. The average Bonchev–Trinajstić information content (AvgIpc) is 2.33. The molecule has 0 atom stereocenters. The number of hydrogen-bond donors (Lipinski definition) is 1. The van der Waals surface area contributed by atoms with Gasteiger partial charge in [0.15, 0.2) is 0 Å². The van der Waals surface area contributed by atoms with Gasteiger partial charge in [0, 0.05) is 7.05 Å². The first-order chi connectivity index (χ1) is 8.58. The van der Waals surface area contributed by atoms with E-state index in [0.717, 1.165) is 5.56 Å². The number of hydrogen-bond acceptors (Lipinski definition) is 5. The van der Waals surface area contributed by atoms with Gasteiger partial charge >= 0.3 is 6.01 Å². The van der Waals surface area contributed by atoms with E-state index in [2.05, 4.69) is 20.3 Å². The van der Waals surface area contributed by atoms with Gasteiger partial charge in [0.2, 0.25) is 11.2 Å². The predicted molar refractivity (Wildman–Crippen MR) is 70.6 cm³/mol. The zero-order chi connectivity index (χ0) is 13.1. The largest absolute Gasteiger partial charge is 0.423 e. The second-order valence-corrected chi connectivity index (χ2v) is 4.24. The lowest BCUT2D eigenvalue weighted by molar-refractivity contribution is 0.440. The first kappa shape index (κ1) is 12.9. The number of rotatable bonds is 3. The van der Waals surface area contributed by atoms with Gasteiger partial charge in [-0.3, -0.25) is 0 Å². The lowest BCUT2D eigenvalue weighted by Gasteiger charge is -2.07. The van der Waals surface area contributed by atoms with E-state index in [0.29, 0.717) is 16.7 Å². The van der Waals surface area contributed by atoms with Crippen LogP contribution in [0.5, 0.6) is 11.8 Å². The van der Waals surface area contributed by atoms with Crippen LogP contribution in [0, 0.1) is 6.92 Å². The van der Waals surface area contributed by atoms with Crippen molar-refractivity contribution >= 4 is 29.2 Å². The molecule has 18 heavy (non-hydrogen) atoms. The minimum atomic E-state index is 0.0492. The molecule has 7 heteroatoms. The van der Waals surface area contributed by atoms with Crippen molar-refractivity contribution in [2.24, 2.45) is 0 Å². The molecule has 94 valence electrons. The first-order valence-electron chi connectivity index (χ1n) is 5.12. The van der Waals surface area contributed by atoms with Gasteiger partial charge in [-0.1, -0.05) is 17.7 Å². The van der Waals surface area contributed by atoms with Gasteiger partial charge in [-0.2, -0.15) is 15.0 Å². The summed E-state index contributed by atoms with van der Waals surface area (Å²) in [6.45, 7) is 1.93. The number of aromatic nitrogens is 3. The maximum atomic E-state index is 6.01. The lowest BCUT2D eigenvalue weighted by atomic mass is 10.2. The molecule has 2 rings (SSSR count). The van der Waals surface area contributed by atoms with Crippen molar-refractivity contribution in [2.45, 2.75) is 6.92 Å². The van der Waals surface area contributed by atoms with E-state index in [1.54, 1.807) is 19.2 Å². The molecule has 0 aliphatic rings. The van der Waals surface area contributed by atoms with Crippen LogP contribution in [0.15, 0.2) is 18.2 Å². The number of ether oxygens (including phenoxy) is 1. The third-order valence-corrected chi connectivity index (χ3v) is 2.58. The SMILES string of the molecule is CNc1nc(Cl)nc(Oc2cc(C)ccc2Cl)n1. The van der Waals surface area contributed by atoms with Crippen molar-refractivity contribution in [3.63, 3.8) is 0 Å². The summed E-state index contributed by atoms with van der Waals surface area (Å²) in [5.41, 5.74) is 1.02. The van der Waals surface area contributed by atoms with Crippen molar-refractivity contribution in [2.75, 3.05) is 12.4 Å². The van der Waals surface area contributed by atoms with Gasteiger partial charge in [-0.05, 0) is 36.2 Å². The van der Waals surface area contributed by atoms with Crippen LogP contribution >= 0.6 is 23.2 Å². The Bertz CT molecular complexity index is 577. The van der Waals surface area contributed by atoms with Crippen molar-refractivity contribution in [1.82, 2.24) is 15.0 Å². The zero-order valence-electron chi connectivity index (χ0n) is 9.74. The molecule has 2 aromatic rings. The Hall–Kier alpha value is -1.59. The summed E-state index contributed by atoms with van der Waals surface area (Å²) in [6.07, 6.45) is 0. The normalized spacial score (nSPS) is 10.2. The number of aryl methyl sites for hydroxylation is 1. The number of nitrogens with zero attached hydrogens (tertiary/aromatic N) is 3. The molecule has 0 aliphatic carbocycles. The van der Waals surface area contributed by atoms with Crippen LogP contribution in [0.2, 0.25) is 10.3 Å². The molecular formula is C11H10Cl2N4O. The van der Waals surface area contributed by atoms with E-state index in [1.165, 1.54) is 0 Å². The molecule has 0 amide bonds. The molecule has 0 bridgehead atoms. The standard InChI is InChI=1S/C11H10Cl2N4O/c1-6-3-4-7(12)8(5-6)18-11-16-9(13)15-10(14-2)17-11/h3-5H,1-2H3,(H,14,15,16,17). The van der Waals surface area contributed by atoms with Gasteiger partial charge < -0.3 is 10.1 Å². The molecule has 1 heterocycles. The number of anilines is 1. The van der Waals surface area contributed by atoms with Crippen molar-refractivity contribution in [1.29, 1.82) is 0 Å². The van der Waals surface area contributed by atoms with E-state index < -0.39 is 0 Å². The Labute approximate surface area is 114 Å². The van der Waals surface area contributed by atoms with Crippen LogP contribution in [0.3, 0.4) is 0 Å². The molecule has 1 aromatic heterocycles. The fraction of sp³-hybridized carbons (Fsp3) is 0.182. The van der Waals surface area contributed by atoms with Crippen LogP contribution in [-0.4, -0.2) is 22.0 Å². The molecule has 1 aromatic carbocycles. The third-order valence-electron chi connectivity index (χ3n) is 2.10. The molecule has 0 unspecified atom stereocenters. The molecule has 0 spiro atoms. The summed E-state index contributed by atoms with van der Waals surface area (Å²) in [6, 6.07) is 5.51. The zero-order valence-corrected chi connectivity index (χ0v) is 11.2. The summed E-state index contributed by atoms with van der Waals surface area (Å²) < 4.78 is 5.49. The molecule has 0 saturated heterocycles. The Balaban J connectivity index is 2.33. The number of benzene rings is 1. The highest BCUT2D eigenvalue weighted by Gasteiger charge is 2.09. The van der Waals surface area contributed by atoms with Crippen LogP contribution in [0.4, 0.5) is 5.95 Å². The van der Waals surface area contributed by atoms with Crippen LogP contribution < -0.4 is 10.1 Å². The maximum absolute atomic E-state index is 6.01. The molecule has 0 fully saturated rings. The van der Waals surface area contributed by atoms with Crippen molar-refractivity contribution in [3.8, 4) is 11.8 Å². The summed E-state index contributed by atoms with van der Waals surface area (Å²) in [7, 11) is 1.68. The highest BCUT2D eigenvalue weighted by Crippen LogP contribution is 2.29. The Morgan fingerprint density at radius 1 is 1.17 bits per heavy atom. The highest BCUT2D eigenvalue weighted by molar-refractivity contribution is 6.32. The van der Waals surface area contributed by atoms with E-state index in [9.17, 15) is 0 Å². The maximum Gasteiger partial charge on any atom is 0.328 e. The summed E-state index contributed by atoms with van der Waals surface area (Å²) in [4.78, 5) is 11.7. The topological polar surface area (TPSA) is 59.9 Å². The minimum Gasteiger partial charge on any atom is -0.423 e. The van der Waals surface area contributed by atoms with Gasteiger partial charge in [0.1, 0.15) is 5.75 Å². The summed E-state index contributed by atoms with van der Waals surface area (Å²) >= 11 is 11.8. The monoisotopic (exact) mass is 284 g/mol. The Kier molecular flexibility index (Phi) is 3.84. The fourth-order valence-corrected chi connectivity index (χ4v) is 1.58. The van der Waals surface area contributed by atoms with Crippen LogP contribution in [0.1, 0.15) is 5.56 Å². The van der Waals surface area contributed by atoms with Gasteiger partial charge in [-0.25, -0.2) is 0 Å². The lowest BCUT2D eigenvalue weighted by Crippen LogP contribution is -2.01. The van der Waals surface area contributed by atoms with E-state index >= 15 is 0 Å². The predicted octanol–water partition coefficient (Wildman–Crippen LogP) is 3.32. The molecule has 5 nitrogen and oxygen atoms in total. The smallest absolute Gasteiger partial charge is 0.328 e. The van der Waals surface area contributed by atoms with Gasteiger partial charge in [0.25, 0.3) is 0 Å².